The average Bonchev–Trinajstić information content (AvgIpc) is 2.68. The first-order chi connectivity index (χ1) is 13.0. The fourth-order valence-electron chi connectivity index (χ4n) is 2.50. The van der Waals surface area contributed by atoms with Gasteiger partial charge in [0, 0.05) is 0 Å². The Morgan fingerprint density at radius 1 is 0.963 bits per heavy atom. The van der Waals surface area contributed by atoms with Crippen LogP contribution in [0.4, 0.5) is 0 Å². The first-order valence-corrected chi connectivity index (χ1v) is 8.96. The van der Waals surface area contributed by atoms with Crippen molar-refractivity contribution in [3.63, 3.8) is 0 Å². The zero-order valence-electron chi connectivity index (χ0n) is 15.9. The fraction of sp³-hybridized carbons (Fsp3) is 0.333. The van der Waals surface area contributed by atoms with Crippen LogP contribution in [0.25, 0.3) is 0 Å². The Labute approximate surface area is 159 Å². The van der Waals surface area contributed by atoms with Crippen LogP contribution in [0.3, 0.4) is 0 Å². The Hall–Kier alpha value is -3.02. The Balaban J connectivity index is 1.92. The highest BCUT2D eigenvalue weighted by molar-refractivity contribution is 5.92. The van der Waals surface area contributed by atoms with E-state index in [2.05, 4.69) is 5.32 Å². The Morgan fingerprint density at radius 3 is 2.30 bits per heavy atom. The minimum Gasteiger partial charge on any atom is -0.490 e. The minimum absolute atomic E-state index is 0.174. The van der Waals surface area contributed by atoms with Gasteiger partial charge in [-0.15, -0.1) is 0 Å². The summed E-state index contributed by atoms with van der Waals surface area (Å²) in [6.45, 7) is 6.16. The van der Waals surface area contributed by atoms with Gasteiger partial charge in [-0.25, -0.2) is 4.79 Å². The summed E-state index contributed by atoms with van der Waals surface area (Å²) in [4.78, 5) is 24.3. The molecule has 2 aromatic rings. The molecule has 2 rings (SSSR count). The Morgan fingerprint density at radius 2 is 1.63 bits per heavy atom. The van der Waals surface area contributed by atoms with Crippen molar-refractivity contribution in [1.29, 1.82) is 0 Å². The Kier molecular flexibility index (Phi) is 7.67. The predicted molar refractivity (Wildman–Crippen MR) is 102 cm³/mol. The summed E-state index contributed by atoms with van der Waals surface area (Å²) in [5.74, 6) is 0.0680. The van der Waals surface area contributed by atoms with Gasteiger partial charge in [0.15, 0.2) is 18.1 Å². The van der Waals surface area contributed by atoms with Crippen LogP contribution in [-0.4, -0.2) is 31.7 Å². The highest BCUT2D eigenvalue weighted by Gasteiger charge is 2.15. The second-order valence-electron chi connectivity index (χ2n) is 5.80. The number of esters is 1. The molecule has 0 aliphatic heterocycles. The number of benzene rings is 2. The number of carbonyl (C=O) groups is 2. The minimum atomic E-state index is -0.596. The molecule has 0 bridgehead atoms. The van der Waals surface area contributed by atoms with E-state index in [1.165, 1.54) is 0 Å². The van der Waals surface area contributed by atoms with Crippen LogP contribution in [0.1, 0.15) is 42.7 Å². The van der Waals surface area contributed by atoms with Crippen LogP contribution in [0.15, 0.2) is 48.5 Å². The molecular weight excluding hydrogens is 346 g/mol. The van der Waals surface area contributed by atoms with Gasteiger partial charge in [-0.2, -0.15) is 0 Å². The zero-order valence-corrected chi connectivity index (χ0v) is 15.9. The van der Waals surface area contributed by atoms with E-state index in [0.717, 1.165) is 5.56 Å². The van der Waals surface area contributed by atoms with Gasteiger partial charge in [0.25, 0.3) is 5.91 Å². The summed E-state index contributed by atoms with van der Waals surface area (Å²) in [5, 5.41) is 2.80. The molecule has 1 unspecified atom stereocenters. The van der Waals surface area contributed by atoms with Crippen LogP contribution in [0.2, 0.25) is 0 Å². The Bertz CT molecular complexity index is 760. The summed E-state index contributed by atoms with van der Waals surface area (Å²) < 4.78 is 16.1. The van der Waals surface area contributed by atoms with Crippen LogP contribution in [0.5, 0.6) is 11.5 Å². The maximum Gasteiger partial charge on any atom is 0.338 e. The third-order valence-corrected chi connectivity index (χ3v) is 3.79. The first-order valence-electron chi connectivity index (χ1n) is 8.96. The number of carbonyl (C=O) groups excluding carboxylic acids is 2. The van der Waals surface area contributed by atoms with E-state index in [1.807, 2.05) is 51.1 Å². The van der Waals surface area contributed by atoms with Crippen molar-refractivity contribution in [3.8, 4) is 11.5 Å². The van der Waals surface area contributed by atoms with Crippen molar-refractivity contribution in [1.82, 2.24) is 5.32 Å². The molecule has 0 heterocycles. The smallest absolute Gasteiger partial charge is 0.338 e. The molecule has 0 aliphatic rings. The van der Waals surface area contributed by atoms with Crippen LogP contribution >= 0.6 is 0 Å². The van der Waals surface area contributed by atoms with E-state index in [1.54, 1.807) is 18.2 Å². The lowest BCUT2D eigenvalue weighted by Gasteiger charge is -2.15. The average molecular weight is 371 g/mol. The first kappa shape index (κ1) is 20.3. The van der Waals surface area contributed by atoms with Crippen molar-refractivity contribution >= 4 is 11.9 Å². The monoisotopic (exact) mass is 371 g/mol. The lowest BCUT2D eigenvalue weighted by Crippen LogP contribution is -2.31. The molecule has 1 atom stereocenters. The number of amides is 1. The quantitative estimate of drug-likeness (QED) is 0.683. The fourth-order valence-corrected chi connectivity index (χ4v) is 2.50. The summed E-state index contributed by atoms with van der Waals surface area (Å²) in [7, 11) is 0. The molecular formula is C21H25NO5. The number of hydrogen-bond acceptors (Lipinski definition) is 5. The molecule has 2 aromatic carbocycles. The van der Waals surface area contributed by atoms with Crippen molar-refractivity contribution in [3.05, 3.63) is 59.7 Å². The van der Waals surface area contributed by atoms with Crippen molar-refractivity contribution < 1.29 is 23.8 Å². The number of hydrogen-bond donors (Lipinski definition) is 1. The SMILES string of the molecule is CCOc1ccc(C(=O)OCC(=O)NC(C)c2ccccc2)cc1OCC. The highest BCUT2D eigenvalue weighted by Crippen LogP contribution is 2.28. The van der Waals surface area contributed by atoms with Crippen LogP contribution in [0, 0.1) is 0 Å². The molecule has 0 aromatic heterocycles. The van der Waals surface area contributed by atoms with Gasteiger partial charge in [0.1, 0.15) is 0 Å². The van der Waals surface area contributed by atoms with Gasteiger partial charge in [-0.05, 0) is 44.5 Å². The molecule has 1 N–H and O–H groups in total. The largest absolute Gasteiger partial charge is 0.490 e. The van der Waals surface area contributed by atoms with E-state index in [0.29, 0.717) is 30.3 Å². The molecule has 0 radical (unpaired) electrons. The normalized spacial score (nSPS) is 11.4. The third-order valence-electron chi connectivity index (χ3n) is 3.79. The molecule has 0 spiro atoms. The summed E-state index contributed by atoms with van der Waals surface area (Å²) in [6, 6.07) is 14.2. The maximum atomic E-state index is 12.2. The van der Waals surface area contributed by atoms with Gasteiger partial charge in [0.05, 0.1) is 24.8 Å². The predicted octanol–water partition coefficient (Wildman–Crippen LogP) is 3.52. The van der Waals surface area contributed by atoms with Crippen LogP contribution in [-0.2, 0) is 9.53 Å². The van der Waals surface area contributed by atoms with E-state index in [-0.39, 0.29) is 18.6 Å². The molecule has 144 valence electrons. The lowest BCUT2D eigenvalue weighted by molar-refractivity contribution is -0.124. The molecule has 0 aliphatic carbocycles. The topological polar surface area (TPSA) is 73.9 Å². The summed E-state index contributed by atoms with van der Waals surface area (Å²) in [6.07, 6.45) is 0. The van der Waals surface area contributed by atoms with E-state index >= 15 is 0 Å². The van der Waals surface area contributed by atoms with Crippen LogP contribution < -0.4 is 14.8 Å². The zero-order chi connectivity index (χ0) is 19.6. The number of ether oxygens (including phenoxy) is 3. The molecule has 0 fully saturated rings. The lowest BCUT2D eigenvalue weighted by atomic mass is 10.1. The highest BCUT2D eigenvalue weighted by atomic mass is 16.5. The standard InChI is InChI=1S/C21H25NO5/c1-4-25-18-12-11-17(13-19(18)26-5-2)21(24)27-14-20(23)22-15(3)16-9-7-6-8-10-16/h6-13,15H,4-5,14H2,1-3H3,(H,22,23). The molecule has 0 saturated heterocycles. The van der Waals surface area contributed by atoms with Gasteiger partial charge < -0.3 is 19.5 Å². The van der Waals surface area contributed by atoms with Gasteiger partial charge >= 0.3 is 5.97 Å². The van der Waals surface area contributed by atoms with Gasteiger partial charge in [0.2, 0.25) is 0 Å². The van der Waals surface area contributed by atoms with Crippen molar-refractivity contribution in [2.24, 2.45) is 0 Å². The molecule has 27 heavy (non-hydrogen) atoms. The maximum absolute atomic E-state index is 12.2. The second kappa shape index (κ2) is 10.2. The number of rotatable bonds is 9. The van der Waals surface area contributed by atoms with Gasteiger partial charge in [-0.3, -0.25) is 4.79 Å². The van der Waals surface area contributed by atoms with Gasteiger partial charge in [-0.1, -0.05) is 30.3 Å². The van der Waals surface area contributed by atoms with E-state index in [9.17, 15) is 9.59 Å². The van der Waals surface area contributed by atoms with Crippen molar-refractivity contribution in [2.75, 3.05) is 19.8 Å². The second-order valence-corrected chi connectivity index (χ2v) is 5.80. The number of nitrogens with one attached hydrogen (secondary N) is 1. The molecule has 0 saturated carbocycles. The molecule has 6 nitrogen and oxygen atoms in total. The van der Waals surface area contributed by atoms with E-state index in [4.69, 9.17) is 14.2 Å². The summed E-state index contributed by atoms with van der Waals surface area (Å²) in [5.41, 5.74) is 1.27. The molecule has 6 heteroatoms. The third kappa shape index (κ3) is 6.02. The summed E-state index contributed by atoms with van der Waals surface area (Å²) >= 11 is 0. The van der Waals surface area contributed by atoms with Crippen molar-refractivity contribution in [2.45, 2.75) is 26.8 Å². The molecule has 1 amide bonds. The van der Waals surface area contributed by atoms with E-state index < -0.39 is 5.97 Å².